The standard InChI is InChI=1S/C20H32N6O/c1-24-12-8-17(9-13-24)25-14-6-16(7-15-25)21-20(27)18-4-5-19(23-22-18)26-10-2-3-11-26/h4-5,16-17H,2-3,6-15H2,1H3,(H,21,27). The minimum absolute atomic E-state index is 0.0896. The largest absolute Gasteiger partial charge is 0.355 e. The number of amides is 1. The molecule has 0 unspecified atom stereocenters. The molecule has 0 aliphatic carbocycles. The second-order valence-electron chi connectivity index (χ2n) is 8.29. The van der Waals surface area contributed by atoms with Gasteiger partial charge in [0.15, 0.2) is 11.5 Å². The van der Waals surface area contributed by atoms with Crippen LogP contribution in [-0.2, 0) is 0 Å². The Morgan fingerprint density at radius 1 is 0.963 bits per heavy atom. The van der Waals surface area contributed by atoms with Gasteiger partial charge in [-0.15, -0.1) is 10.2 Å². The summed E-state index contributed by atoms with van der Waals surface area (Å²) < 4.78 is 0. The van der Waals surface area contributed by atoms with Crippen LogP contribution in [0.25, 0.3) is 0 Å². The molecule has 0 atom stereocenters. The van der Waals surface area contributed by atoms with Crippen LogP contribution in [0, 0.1) is 0 Å². The van der Waals surface area contributed by atoms with Crippen molar-refractivity contribution in [3.05, 3.63) is 17.8 Å². The molecule has 3 fully saturated rings. The van der Waals surface area contributed by atoms with Crippen LogP contribution in [0.1, 0.15) is 49.0 Å². The summed E-state index contributed by atoms with van der Waals surface area (Å²) >= 11 is 0. The summed E-state index contributed by atoms with van der Waals surface area (Å²) in [6.07, 6.45) is 7.01. The minimum Gasteiger partial charge on any atom is -0.355 e. The fourth-order valence-electron chi connectivity index (χ4n) is 4.59. The van der Waals surface area contributed by atoms with Crippen LogP contribution in [0.3, 0.4) is 0 Å². The molecule has 4 heterocycles. The lowest BCUT2D eigenvalue weighted by Gasteiger charge is -2.41. The summed E-state index contributed by atoms with van der Waals surface area (Å²) in [6.45, 7) is 6.64. The molecule has 3 aliphatic heterocycles. The molecule has 1 N–H and O–H groups in total. The van der Waals surface area contributed by atoms with E-state index in [0.717, 1.165) is 50.9 Å². The van der Waals surface area contributed by atoms with Gasteiger partial charge in [0.25, 0.3) is 5.91 Å². The maximum Gasteiger partial charge on any atom is 0.272 e. The first kappa shape index (κ1) is 18.6. The summed E-state index contributed by atoms with van der Waals surface area (Å²) in [4.78, 5) is 19.8. The zero-order valence-electron chi connectivity index (χ0n) is 16.4. The molecular formula is C20H32N6O. The zero-order chi connectivity index (χ0) is 18.6. The van der Waals surface area contributed by atoms with E-state index in [1.165, 1.54) is 38.8 Å². The number of rotatable bonds is 4. The summed E-state index contributed by atoms with van der Waals surface area (Å²) in [7, 11) is 2.21. The molecule has 3 aliphatic rings. The molecule has 148 valence electrons. The summed E-state index contributed by atoms with van der Waals surface area (Å²) in [5.74, 6) is 0.795. The van der Waals surface area contributed by atoms with Crippen LogP contribution in [-0.4, -0.2) is 84.3 Å². The third kappa shape index (κ3) is 4.58. The van der Waals surface area contributed by atoms with Crippen LogP contribution in [0.2, 0.25) is 0 Å². The average Bonchev–Trinajstić information content (AvgIpc) is 3.24. The molecule has 3 saturated heterocycles. The lowest BCUT2D eigenvalue weighted by atomic mass is 9.98. The lowest BCUT2D eigenvalue weighted by molar-refractivity contribution is 0.0803. The summed E-state index contributed by atoms with van der Waals surface area (Å²) in [6, 6.07) is 4.71. The quantitative estimate of drug-likeness (QED) is 0.861. The highest BCUT2D eigenvalue weighted by molar-refractivity contribution is 5.92. The van der Waals surface area contributed by atoms with E-state index < -0.39 is 0 Å². The van der Waals surface area contributed by atoms with Crippen molar-refractivity contribution in [2.45, 2.75) is 50.6 Å². The Balaban J connectivity index is 1.24. The van der Waals surface area contributed by atoms with Gasteiger partial charge in [-0.3, -0.25) is 4.79 Å². The van der Waals surface area contributed by atoms with Crippen molar-refractivity contribution in [1.29, 1.82) is 0 Å². The molecule has 27 heavy (non-hydrogen) atoms. The summed E-state index contributed by atoms with van der Waals surface area (Å²) in [5.41, 5.74) is 0.427. The van der Waals surface area contributed by atoms with Crippen LogP contribution in [0.4, 0.5) is 5.82 Å². The number of hydrogen-bond donors (Lipinski definition) is 1. The topological polar surface area (TPSA) is 64.6 Å². The molecule has 0 spiro atoms. The van der Waals surface area contributed by atoms with E-state index in [4.69, 9.17) is 0 Å². The average molecular weight is 373 g/mol. The molecule has 1 amide bonds. The smallest absolute Gasteiger partial charge is 0.272 e. The van der Waals surface area contributed by atoms with Gasteiger partial charge in [0.1, 0.15) is 0 Å². The Bertz CT molecular complexity index is 614. The van der Waals surface area contributed by atoms with Gasteiger partial charge in [0, 0.05) is 38.3 Å². The van der Waals surface area contributed by atoms with E-state index in [-0.39, 0.29) is 11.9 Å². The van der Waals surface area contributed by atoms with Crippen molar-refractivity contribution in [2.75, 3.05) is 51.2 Å². The number of nitrogens with one attached hydrogen (secondary N) is 1. The molecule has 1 aromatic rings. The van der Waals surface area contributed by atoms with E-state index in [2.05, 4.69) is 37.3 Å². The molecule has 7 heteroatoms. The van der Waals surface area contributed by atoms with Gasteiger partial charge in [-0.1, -0.05) is 0 Å². The zero-order valence-corrected chi connectivity index (χ0v) is 16.4. The first-order valence-corrected chi connectivity index (χ1v) is 10.5. The number of hydrogen-bond acceptors (Lipinski definition) is 6. The monoisotopic (exact) mass is 372 g/mol. The van der Waals surface area contributed by atoms with Crippen molar-refractivity contribution in [1.82, 2.24) is 25.3 Å². The van der Waals surface area contributed by atoms with E-state index >= 15 is 0 Å². The predicted octanol–water partition coefficient (Wildman–Crippen LogP) is 1.37. The van der Waals surface area contributed by atoms with Crippen molar-refractivity contribution in [3.63, 3.8) is 0 Å². The molecule has 0 radical (unpaired) electrons. The van der Waals surface area contributed by atoms with E-state index in [9.17, 15) is 4.79 Å². The Hall–Kier alpha value is -1.73. The first-order chi connectivity index (χ1) is 13.2. The Kier molecular flexibility index (Phi) is 5.88. The van der Waals surface area contributed by atoms with Crippen LogP contribution < -0.4 is 10.2 Å². The Morgan fingerprint density at radius 3 is 2.30 bits per heavy atom. The van der Waals surface area contributed by atoms with Crippen molar-refractivity contribution in [3.8, 4) is 0 Å². The van der Waals surface area contributed by atoms with Gasteiger partial charge < -0.3 is 20.0 Å². The van der Waals surface area contributed by atoms with Gasteiger partial charge in [0.2, 0.25) is 0 Å². The lowest BCUT2D eigenvalue weighted by Crippen LogP contribution is -2.50. The molecule has 4 rings (SSSR count). The third-order valence-corrected chi connectivity index (χ3v) is 6.38. The number of piperidine rings is 2. The fourth-order valence-corrected chi connectivity index (χ4v) is 4.59. The fraction of sp³-hybridized carbons (Fsp3) is 0.750. The molecule has 0 aromatic carbocycles. The second-order valence-corrected chi connectivity index (χ2v) is 8.29. The van der Waals surface area contributed by atoms with Gasteiger partial charge >= 0.3 is 0 Å². The maximum absolute atomic E-state index is 12.5. The minimum atomic E-state index is -0.0896. The first-order valence-electron chi connectivity index (χ1n) is 10.5. The van der Waals surface area contributed by atoms with Crippen molar-refractivity contribution in [2.24, 2.45) is 0 Å². The summed E-state index contributed by atoms with van der Waals surface area (Å²) in [5, 5.41) is 11.6. The SMILES string of the molecule is CN1CCC(N2CCC(NC(=O)c3ccc(N4CCCC4)nn3)CC2)CC1. The van der Waals surface area contributed by atoms with E-state index in [1.807, 2.05) is 12.1 Å². The van der Waals surface area contributed by atoms with E-state index in [0.29, 0.717) is 5.69 Å². The number of anilines is 1. The molecule has 0 bridgehead atoms. The van der Waals surface area contributed by atoms with E-state index in [1.54, 1.807) is 0 Å². The highest BCUT2D eigenvalue weighted by atomic mass is 16.2. The van der Waals surface area contributed by atoms with Crippen molar-refractivity contribution < 1.29 is 4.79 Å². The van der Waals surface area contributed by atoms with Gasteiger partial charge in [-0.25, -0.2) is 0 Å². The maximum atomic E-state index is 12.5. The Morgan fingerprint density at radius 2 is 1.67 bits per heavy atom. The molecule has 0 saturated carbocycles. The number of nitrogens with zero attached hydrogens (tertiary/aromatic N) is 5. The normalized spacial score (nSPS) is 23.7. The highest BCUT2D eigenvalue weighted by Crippen LogP contribution is 2.21. The van der Waals surface area contributed by atoms with Crippen LogP contribution >= 0.6 is 0 Å². The van der Waals surface area contributed by atoms with Crippen LogP contribution in [0.15, 0.2) is 12.1 Å². The van der Waals surface area contributed by atoms with Gasteiger partial charge in [0.05, 0.1) is 0 Å². The highest BCUT2D eigenvalue weighted by Gasteiger charge is 2.28. The van der Waals surface area contributed by atoms with Crippen molar-refractivity contribution >= 4 is 11.7 Å². The Labute approximate surface area is 162 Å². The van der Waals surface area contributed by atoms with Gasteiger partial charge in [-0.05, 0) is 70.8 Å². The number of aromatic nitrogens is 2. The molecular weight excluding hydrogens is 340 g/mol. The number of carbonyl (C=O) groups is 1. The molecule has 1 aromatic heterocycles. The second kappa shape index (κ2) is 8.52. The van der Waals surface area contributed by atoms with Crippen LogP contribution in [0.5, 0.6) is 0 Å². The number of carbonyl (C=O) groups excluding carboxylic acids is 1. The molecule has 7 nitrogen and oxygen atoms in total. The third-order valence-electron chi connectivity index (χ3n) is 6.38. The number of likely N-dealkylation sites (tertiary alicyclic amines) is 2. The van der Waals surface area contributed by atoms with Gasteiger partial charge in [-0.2, -0.15) is 0 Å². The predicted molar refractivity (Wildman–Crippen MR) is 106 cm³/mol.